The van der Waals surface area contributed by atoms with Gasteiger partial charge in [0.15, 0.2) is 6.29 Å². The molecule has 3 rings (SSSR count). The lowest BCUT2D eigenvalue weighted by Gasteiger charge is -2.46. The van der Waals surface area contributed by atoms with Crippen molar-refractivity contribution in [2.24, 2.45) is 0 Å². The zero-order chi connectivity index (χ0) is 16.4. The number of hydrogen-bond acceptors (Lipinski definition) is 7. The van der Waals surface area contributed by atoms with Gasteiger partial charge in [-0.05, 0) is 17.9 Å². The average molecular weight is 342 g/mol. The standard InChI is InChI=1S/C16H22O6S/c1-3-23-16-13(18)12(17)14-11(21-16)8-20-15(22-14)9-4-6-10(19-2)7-5-9/h4-7,11-18H,3,8H2,1-2H3/t11?,12-,13?,14-,15?,16-/m0/s1. The van der Waals surface area contributed by atoms with Crippen LogP contribution in [0.15, 0.2) is 24.3 Å². The molecule has 7 heteroatoms. The van der Waals surface area contributed by atoms with Gasteiger partial charge in [-0.2, -0.15) is 0 Å². The third-order valence-corrected chi connectivity index (χ3v) is 5.10. The fraction of sp³-hybridized carbons (Fsp3) is 0.625. The Kier molecular flexibility index (Phi) is 5.45. The topological polar surface area (TPSA) is 77.4 Å². The van der Waals surface area contributed by atoms with Crippen LogP contribution in [-0.2, 0) is 14.2 Å². The van der Waals surface area contributed by atoms with E-state index >= 15 is 0 Å². The van der Waals surface area contributed by atoms with Gasteiger partial charge in [-0.25, -0.2) is 0 Å². The van der Waals surface area contributed by atoms with Gasteiger partial charge in [0.1, 0.15) is 35.6 Å². The number of hydrogen-bond donors (Lipinski definition) is 2. The maximum atomic E-state index is 10.4. The summed E-state index contributed by atoms with van der Waals surface area (Å²) in [5, 5.41) is 20.6. The van der Waals surface area contributed by atoms with Gasteiger partial charge in [0.2, 0.25) is 0 Å². The first-order valence-electron chi connectivity index (χ1n) is 7.68. The Bertz CT molecular complexity index is 508. The maximum absolute atomic E-state index is 10.4. The molecule has 2 heterocycles. The van der Waals surface area contributed by atoms with Gasteiger partial charge in [-0.1, -0.05) is 19.1 Å². The van der Waals surface area contributed by atoms with Gasteiger partial charge < -0.3 is 29.2 Å². The van der Waals surface area contributed by atoms with Crippen LogP contribution in [0.5, 0.6) is 5.75 Å². The van der Waals surface area contributed by atoms with Crippen LogP contribution in [-0.4, -0.2) is 59.5 Å². The normalized spacial score (nSPS) is 37.2. The summed E-state index contributed by atoms with van der Waals surface area (Å²) in [7, 11) is 1.61. The molecule has 6 nitrogen and oxygen atoms in total. The number of rotatable bonds is 4. The van der Waals surface area contributed by atoms with E-state index in [9.17, 15) is 10.2 Å². The Morgan fingerprint density at radius 1 is 1.17 bits per heavy atom. The van der Waals surface area contributed by atoms with Crippen molar-refractivity contribution in [3.05, 3.63) is 29.8 Å². The predicted molar refractivity (Wildman–Crippen MR) is 85.4 cm³/mol. The molecule has 0 saturated carbocycles. The minimum absolute atomic E-state index is 0.311. The van der Waals surface area contributed by atoms with Gasteiger partial charge >= 0.3 is 0 Å². The lowest BCUT2D eigenvalue weighted by Crippen LogP contribution is -2.60. The van der Waals surface area contributed by atoms with E-state index in [0.29, 0.717) is 6.61 Å². The number of ether oxygens (including phenoxy) is 4. The largest absolute Gasteiger partial charge is 0.497 e. The van der Waals surface area contributed by atoms with Crippen LogP contribution in [0.25, 0.3) is 0 Å². The summed E-state index contributed by atoms with van der Waals surface area (Å²) in [6.45, 7) is 2.29. The molecule has 2 fully saturated rings. The van der Waals surface area contributed by atoms with Crippen LogP contribution in [0.2, 0.25) is 0 Å². The molecule has 128 valence electrons. The Morgan fingerprint density at radius 2 is 1.91 bits per heavy atom. The highest BCUT2D eigenvalue weighted by atomic mass is 32.2. The maximum Gasteiger partial charge on any atom is 0.184 e. The highest BCUT2D eigenvalue weighted by Gasteiger charge is 2.48. The fourth-order valence-electron chi connectivity index (χ4n) is 2.81. The Balaban J connectivity index is 1.69. The Labute approximate surface area is 139 Å². The number of aliphatic hydroxyl groups is 2. The van der Waals surface area contributed by atoms with E-state index in [2.05, 4.69) is 0 Å². The molecule has 0 aromatic heterocycles. The molecule has 2 aliphatic heterocycles. The summed E-state index contributed by atoms with van der Waals surface area (Å²) in [6, 6.07) is 7.35. The summed E-state index contributed by atoms with van der Waals surface area (Å²) < 4.78 is 22.5. The lowest BCUT2D eigenvalue weighted by atomic mass is 9.99. The molecule has 1 aromatic carbocycles. The molecule has 0 amide bonds. The Hall–Kier alpha value is -0.830. The summed E-state index contributed by atoms with van der Waals surface area (Å²) >= 11 is 1.46. The molecule has 0 bridgehead atoms. The molecule has 2 saturated heterocycles. The van der Waals surface area contributed by atoms with Gasteiger partial charge in [-0.15, -0.1) is 11.8 Å². The quantitative estimate of drug-likeness (QED) is 0.854. The molecule has 23 heavy (non-hydrogen) atoms. The second-order valence-electron chi connectivity index (χ2n) is 5.52. The van der Waals surface area contributed by atoms with E-state index < -0.39 is 30.0 Å². The minimum Gasteiger partial charge on any atom is -0.497 e. The van der Waals surface area contributed by atoms with Crippen LogP contribution < -0.4 is 4.74 Å². The minimum atomic E-state index is -0.998. The zero-order valence-electron chi connectivity index (χ0n) is 13.1. The van der Waals surface area contributed by atoms with Gasteiger partial charge in [0.25, 0.3) is 0 Å². The van der Waals surface area contributed by atoms with E-state index in [-0.39, 0.29) is 6.10 Å². The van der Waals surface area contributed by atoms with Crippen LogP contribution in [0.3, 0.4) is 0 Å². The van der Waals surface area contributed by atoms with E-state index in [0.717, 1.165) is 17.1 Å². The van der Waals surface area contributed by atoms with Gasteiger partial charge in [0, 0.05) is 5.56 Å². The van der Waals surface area contributed by atoms with Crippen molar-refractivity contribution in [2.75, 3.05) is 19.5 Å². The summed E-state index contributed by atoms with van der Waals surface area (Å²) in [5.41, 5.74) is 0.372. The Morgan fingerprint density at radius 3 is 2.57 bits per heavy atom. The zero-order valence-corrected chi connectivity index (χ0v) is 13.9. The van der Waals surface area contributed by atoms with Crippen molar-refractivity contribution in [1.82, 2.24) is 0 Å². The molecule has 0 radical (unpaired) electrons. The second-order valence-corrected chi connectivity index (χ2v) is 6.89. The molecular weight excluding hydrogens is 320 g/mol. The molecule has 0 aliphatic carbocycles. The lowest BCUT2D eigenvalue weighted by molar-refractivity contribution is -0.318. The van der Waals surface area contributed by atoms with Crippen LogP contribution in [0.1, 0.15) is 18.8 Å². The first-order valence-corrected chi connectivity index (χ1v) is 8.73. The predicted octanol–water partition coefficient (Wildman–Crippen LogP) is 1.31. The molecule has 6 atom stereocenters. The van der Waals surface area contributed by atoms with Crippen molar-refractivity contribution >= 4 is 11.8 Å². The van der Waals surface area contributed by atoms with Crippen LogP contribution >= 0.6 is 11.8 Å². The van der Waals surface area contributed by atoms with Crippen molar-refractivity contribution in [2.45, 2.75) is 43.1 Å². The molecule has 1 aromatic rings. The van der Waals surface area contributed by atoms with Crippen LogP contribution in [0, 0.1) is 0 Å². The third kappa shape index (κ3) is 3.50. The van der Waals surface area contributed by atoms with Crippen molar-refractivity contribution in [3.8, 4) is 5.75 Å². The molecule has 0 spiro atoms. The van der Waals surface area contributed by atoms with Crippen molar-refractivity contribution < 1.29 is 29.2 Å². The summed E-state index contributed by atoms with van der Waals surface area (Å²) in [4.78, 5) is 0. The van der Waals surface area contributed by atoms with Gasteiger partial charge in [0.05, 0.1) is 13.7 Å². The van der Waals surface area contributed by atoms with E-state index in [1.54, 1.807) is 7.11 Å². The van der Waals surface area contributed by atoms with Crippen LogP contribution in [0.4, 0.5) is 0 Å². The second kappa shape index (κ2) is 7.38. The van der Waals surface area contributed by atoms with Crippen molar-refractivity contribution in [1.29, 1.82) is 0 Å². The third-order valence-electron chi connectivity index (χ3n) is 4.05. The number of fused-ring (bicyclic) bond motifs is 1. The molecular formula is C16H22O6S. The SMILES string of the molecule is CCS[C@@H]1OC2COC(c3ccc(OC)cc3)O[C@@H]2[C@@H](O)C1O. The smallest absolute Gasteiger partial charge is 0.184 e. The first-order chi connectivity index (χ1) is 11.1. The van der Waals surface area contributed by atoms with E-state index in [1.807, 2.05) is 31.2 Å². The average Bonchev–Trinajstić information content (AvgIpc) is 2.59. The highest BCUT2D eigenvalue weighted by molar-refractivity contribution is 7.99. The van der Waals surface area contributed by atoms with Gasteiger partial charge in [-0.3, -0.25) is 0 Å². The summed E-state index contributed by atoms with van der Waals surface area (Å²) in [6.07, 6.45) is -3.56. The number of benzene rings is 1. The van der Waals surface area contributed by atoms with E-state index in [1.165, 1.54) is 11.8 Å². The number of methoxy groups -OCH3 is 1. The van der Waals surface area contributed by atoms with E-state index in [4.69, 9.17) is 18.9 Å². The van der Waals surface area contributed by atoms with Crippen molar-refractivity contribution in [3.63, 3.8) is 0 Å². The number of aliphatic hydroxyl groups excluding tert-OH is 2. The molecule has 3 unspecified atom stereocenters. The monoisotopic (exact) mass is 342 g/mol. The fourth-order valence-corrected chi connectivity index (χ4v) is 3.72. The first kappa shape index (κ1) is 17.0. The highest BCUT2D eigenvalue weighted by Crippen LogP contribution is 2.36. The molecule has 2 aliphatic rings. The molecule has 2 N–H and O–H groups in total. The summed E-state index contributed by atoms with van der Waals surface area (Å²) in [5.74, 6) is 1.54. The number of thioether (sulfide) groups is 1.